The summed E-state index contributed by atoms with van der Waals surface area (Å²) in [7, 11) is 0. The molecule has 1 fully saturated rings. The third kappa shape index (κ3) is 2.76. The predicted molar refractivity (Wildman–Crippen MR) is 65.3 cm³/mol. The van der Waals surface area contributed by atoms with E-state index >= 15 is 0 Å². The first-order valence-electron chi connectivity index (χ1n) is 6.00. The Bertz CT molecular complexity index is 389. The Balaban J connectivity index is 1.91. The Morgan fingerprint density at radius 1 is 1.59 bits per heavy atom. The summed E-state index contributed by atoms with van der Waals surface area (Å²) in [6.45, 7) is 5.26. The molecule has 1 aromatic heterocycles. The maximum absolute atomic E-state index is 11.7. The van der Waals surface area contributed by atoms with Crippen molar-refractivity contribution in [3.8, 4) is 0 Å². The number of aromatic nitrogens is 2. The summed E-state index contributed by atoms with van der Waals surface area (Å²) in [5.41, 5.74) is 6.28. The number of nitrogen functional groups attached to an aromatic ring is 1. The molecule has 0 radical (unpaired) electrons. The van der Waals surface area contributed by atoms with Gasteiger partial charge >= 0.3 is 0 Å². The molecule has 1 atom stereocenters. The molecule has 1 aliphatic heterocycles. The molecule has 6 heteroatoms. The Morgan fingerprint density at radius 3 is 3.06 bits per heavy atom. The molecule has 1 amide bonds. The zero-order valence-electron chi connectivity index (χ0n) is 10.1. The van der Waals surface area contributed by atoms with E-state index in [0.29, 0.717) is 5.69 Å². The van der Waals surface area contributed by atoms with Crippen LogP contribution < -0.4 is 11.1 Å². The van der Waals surface area contributed by atoms with E-state index in [-0.39, 0.29) is 11.9 Å². The number of piperazine rings is 1. The fourth-order valence-electron chi connectivity index (χ4n) is 2.21. The van der Waals surface area contributed by atoms with Gasteiger partial charge in [-0.2, -0.15) is 5.10 Å². The van der Waals surface area contributed by atoms with Gasteiger partial charge in [0.1, 0.15) is 0 Å². The van der Waals surface area contributed by atoms with Gasteiger partial charge < -0.3 is 11.1 Å². The number of anilines is 1. The normalized spacial score (nSPS) is 21.5. The lowest BCUT2D eigenvalue weighted by atomic mass is 10.1. The molecule has 1 aliphatic rings. The molecule has 0 saturated carbocycles. The molecule has 2 rings (SSSR count). The lowest BCUT2D eigenvalue weighted by molar-refractivity contribution is -0.129. The van der Waals surface area contributed by atoms with E-state index in [0.717, 1.165) is 32.6 Å². The van der Waals surface area contributed by atoms with Crippen molar-refractivity contribution >= 4 is 11.6 Å². The Hall–Kier alpha value is -1.56. The van der Waals surface area contributed by atoms with Gasteiger partial charge in [0, 0.05) is 25.8 Å². The zero-order valence-corrected chi connectivity index (χ0v) is 10.1. The molecular formula is C11H19N5O. The third-order valence-corrected chi connectivity index (χ3v) is 3.10. The minimum atomic E-state index is -0.00309. The van der Waals surface area contributed by atoms with Gasteiger partial charge in [0.15, 0.2) is 0 Å². The molecule has 6 nitrogen and oxygen atoms in total. The van der Waals surface area contributed by atoms with Crippen LogP contribution in [0.25, 0.3) is 0 Å². The number of carbonyl (C=O) groups excluding carboxylic acids is 1. The topological polar surface area (TPSA) is 76.2 Å². The number of hydrogen-bond acceptors (Lipinski definition) is 4. The van der Waals surface area contributed by atoms with Gasteiger partial charge in [0.05, 0.1) is 24.5 Å². The average Bonchev–Trinajstić information content (AvgIpc) is 2.72. The average molecular weight is 237 g/mol. The zero-order chi connectivity index (χ0) is 12.3. The Morgan fingerprint density at radius 2 is 2.41 bits per heavy atom. The van der Waals surface area contributed by atoms with Gasteiger partial charge in [0.25, 0.3) is 0 Å². The summed E-state index contributed by atoms with van der Waals surface area (Å²) in [4.78, 5) is 13.9. The first-order valence-corrected chi connectivity index (χ1v) is 6.00. The summed E-state index contributed by atoms with van der Waals surface area (Å²) in [5.74, 6) is 0.138. The minimum Gasteiger partial charge on any atom is -0.396 e. The molecule has 0 bridgehead atoms. The van der Waals surface area contributed by atoms with Crippen LogP contribution in [0.4, 0.5) is 5.69 Å². The SMILES string of the molecule is CCC1C(=O)NCCN1CCn1cc(N)cn1. The highest BCUT2D eigenvalue weighted by Crippen LogP contribution is 2.08. The van der Waals surface area contributed by atoms with Gasteiger partial charge in [-0.1, -0.05) is 6.92 Å². The number of nitrogens with two attached hydrogens (primary N) is 1. The molecule has 1 saturated heterocycles. The molecule has 3 N–H and O–H groups in total. The van der Waals surface area contributed by atoms with Crippen LogP contribution in [0.2, 0.25) is 0 Å². The van der Waals surface area contributed by atoms with E-state index in [1.54, 1.807) is 6.20 Å². The van der Waals surface area contributed by atoms with Crippen LogP contribution >= 0.6 is 0 Å². The van der Waals surface area contributed by atoms with Crippen molar-refractivity contribution in [1.29, 1.82) is 0 Å². The summed E-state index contributed by atoms with van der Waals surface area (Å²) < 4.78 is 1.81. The monoisotopic (exact) mass is 237 g/mol. The molecule has 94 valence electrons. The second-order valence-corrected chi connectivity index (χ2v) is 4.29. The fraction of sp³-hybridized carbons (Fsp3) is 0.636. The lowest BCUT2D eigenvalue weighted by Crippen LogP contribution is -2.55. The molecule has 1 unspecified atom stereocenters. The van der Waals surface area contributed by atoms with Crippen LogP contribution in [0.1, 0.15) is 13.3 Å². The highest BCUT2D eigenvalue weighted by molar-refractivity contribution is 5.82. The van der Waals surface area contributed by atoms with E-state index in [2.05, 4.69) is 15.3 Å². The number of amides is 1. The van der Waals surface area contributed by atoms with Crippen molar-refractivity contribution in [3.63, 3.8) is 0 Å². The molecular weight excluding hydrogens is 218 g/mol. The molecule has 0 aromatic carbocycles. The predicted octanol–water partition coefficient (Wildman–Crippen LogP) is -0.324. The van der Waals surface area contributed by atoms with Gasteiger partial charge in [-0.25, -0.2) is 0 Å². The van der Waals surface area contributed by atoms with E-state index in [1.165, 1.54) is 0 Å². The van der Waals surface area contributed by atoms with Crippen LogP contribution in [0.5, 0.6) is 0 Å². The lowest BCUT2D eigenvalue weighted by Gasteiger charge is -2.34. The fourth-order valence-corrected chi connectivity index (χ4v) is 2.21. The Kier molecular flexibility index (Phi) is 3.63. The summed E-state index contributed by atoms with van der Waals surface area (Å²) in [6, 6.07) is -0.00309. The van der Waals surface area contributed by atoms with E-state index in [1.807, 2.05) is 17.8 Å². The quantitative estimate of drug-likeness (QED) is 0.752. The largest absolute Gasteiger partial charge is 0.396 e. The number of rotatable bonds is 4. The van der Waals surface area contributed by atoms with Crippen LogP contribution in [0, 0.1) is 0 Å². The second kappa shape index (κ2) is 5.18. The highest BCUT2D eigenvalue weighted by Gasteiger charge is 2.27. The first-order chi connectivity index (χ1) is 8.20. The standard InChI is InChI=1S/C11H19N5O/c1-2-10-11(17)13-3-4-15(10)5-6-16-8-9(12)7-14-16/h7-8,10H,2-6,12H2,1H3,(H,13,17). The number of hydrogen-bond donors (Lipinski definition) is 2. The highest BCUT2D eigenvalue weighted by atomic mass is 16.2. The summed E-state index contributed by atoms with van der Waals surface area (Å²) in [5, 5.41) is 7.03. The third-order valence-electron chi connectivity index (χ3n) is 3.10. The van der Waals surface area contributed by atoms with Crippen molar-refractivity contribution in [1.82, 2.24) is 20.0 Å². The molecule has 2 heterocycles. The maximum atomic E-state index is 11.7. The summed E-state index contributed by atoms with van der Waals surface area (Å²) in [6.07, 6.45) is 4.29. The van der Waals surface area contributed by atoms with Crippen LogP contribution in [0.15, 0.2) is 12.4 Å². The van der Waals surface area contributed by atoms with Crippen molar-refractivity contribution in [2.24, 2.45) is 0 Å². The van der Waals surface area contributed by atoms with Gasteiger partial charge in [-0.15, -0.1) is 0 Å². The van der Waals surface area contributed by atoms with Crippen LogP contribution in [-0.2, 0) is 11.3 Å². The van der Waals surface area contributed by atoms with Crippen molar-refractivity contribution in [2.75, 3.05) is 25.4 Å². The van der Waals surface area contributed by atoms with E-state index < -0.39 is 0 Å². The maximum Gasteiger partial charge on any atom is 0.237 e. The molecule has 0 spiro atoms. The van der Waals surface area contributed by atoms with E-state index in [4.69, 9.17) is 5.73 Å². The van der Waals surface area contributed by atoms with Gasteiger partial charge in [0.2, 0.25) is 5.91 Å². The van der Waals surface area contributed by atoms with Crippen molar-refractivity contribution in [3.05, 3.63) is 12.4 Å². The van der Waals surface area contributed by atoms with Crippen molar-refractivity contribution in [2.45, 2.75) is 25.9 Å². The van der Waals surface area contributed by atoms with Crippen LogP contribution in [0.3, 0.4) is 0 Å². The molecule has 17 heavy (non-hydrogen) atoms. The summed E-state index contributed by atoms with van der Waals surface area (Å²) >= 11 is 0. The Labute approximate surface area is 101 Å². The number of nitrogens with one attached hydrogen (secondary N) is 1. The molecule has 1 aromatic rings. The number of carbonyl (C=O) groups is 1. The van der Waals surface area contributed by atoms with Crippen molar-refractivity contribution < 1.29 is 4.79 Å². The minimum absolute atomic E-state index is 0.00309. The van der Waals surface area contributed by atoms with Gasteiger partial charge in [-0.3, -0.25) is 14.4 Å². The molecule has 0 aliphatic carbocycles. The van der Waals surface area contributed by atoms with Crippen LogP contribution in [-0.4, -0.2) is 46.3 Å². The number of nitrogens with zero attached hydrogens (tertiary/aromatic N) is 3. The smallest absolute Gasteiger partial charge is 0.237 e. The second-order valence-electron chi connectivity index (χ2n) is 4.29. The van der Waals surface area contributed by atoms with E-state index in [9.17, 15) is 4.79 Å². The van der Waals surface area contributed by atoms with Gasteiger partial charge in [-0.05, 0) is 6.42 Å². The first kappa shape index (κ1) is 11.9.